The van der Waals surface area contributed by atoms with E-state index >= 15 is 0 Å². The average molecular weight is 409 g/mol. The summed E-state index contributed by atoms with van der Waals surface area (Å²) >= 11 is 0. The SMILES string of the molecule is Cc1cc(CNCc2ccc(OCC(O)CN(C)Cc3ccccc3)cc2)nn1C. The van der Waals surface area contributed by atoms with Gasteiger partial charge in [0.2, 0.25) is 0 Å². The number of rotatable bonds is 11. The summed E-state index contributed by atoms with van der Waals surface area (Å²) in [5, 5.41) is 18.1. The number of nitrogens with one attached hydrogen (secondary N) is 1. The van der Waals surface area contributed by atoms with Crippen molar-refractivity contribution in [1.29, 1.82) is 0 Å². The quantitative estimate of drug-likeness (QED) is 0.511. The molecule has 1 heterocycles. The lowest BCUT2D eigenvalue weighted by Crippen LogP contribution is -2.32. The Morgan fingerprint density at radius 3 is 2.47 bits per heavy atom. The number of nitrogens with zero attached hydrogens (tertiary/aromatic N) is 3. The van der Waals surface area contributed by atoms with Gasteiger partial charge in [-0.25, -0.2) is 0 Å². The zero-order valence-corrected chi connectivity index (χ0v) is 18.1. The standard InChI is InChI=1S/C24H32N4O2/c1-19-13-22(26-28(19)3)15-25-14-20-9-11-24(12-10-20)30-18-23(29)17-27(2)16-21-7-5-4-6-8-21/h4-13,23,25,29H,14-18H2,1-3H3. The van der Waals surface area contributed by atoms with Gasteiger partial charge in [-0.15, -0.1) is 0 Å². The van der Waals surface area contributed by atoms with Crippen LogP contribution in [0.2, 0.25) is 0 Å². The van der Waals surface area contributed by atoms with E-state index in [1.54, 1.807) is 0 Å². The first kappa shape index (κ1) is 22.0. The molecule has 6 heteroatoms. The molecular weight excluding hydrogens is 376 g/mol. The molecule has 1 atom stereocenters. The van der Waals surface area contributed by atoms with Crippen LogP contribution in [0, 0.1) is 6.92 Å². The Labute approximate surface area is 179 Å². The first-order chi connectivity index (χ1) is 14.5. The number of ether oxygens (including phenoxy) is 1. The monoisotopic (exact) mass is 408 g/mol. The van der Waals surface area contributed by atoms with E-state index in [0.717, 1.165) is 36.8 Å². The predicted octanol–water partition coefficient (Wildman–Crippen LogP) is 2.89. The molecule has 1 aromatic heterocycles. The van der Waals surface area contributed by atoms with Crippen LogP contribution in [-0.2, 0) is 26.7 Å². The number of hydrogen-bond acceptors (Lipinski definition) is 5. The summed E-state index contributed by atoms with van der Waals surface area (Å²) in [7, 11) is 3.96. The minimum Gasteiger partial charge on any atom is -0.491 e. The van der Waals surface area contributed by atoms with Crippen molar-refractivity contribution in [3.8, 4) is 5.75 Å². The molecule has 0 aliphatic heterocycles. The van der Waals surface area contributed by atoms with Gasteiger partial charge in [-0.3, -0.25) is 9.58 Å². The molecule has 6 nitrogen and oxygen atoms in total. The molecule has 0 fully saturated rings. The number of aliphatic hydroxyl groups is 1. The van der Waals surface area contributed by atoms with Crippen LogP contribution < -0.4 is 10.1 Å². The summed E-state index contributed by atoms with van der Waals surface area (Å²) in [6, 6.07) is 20.3. The second-order valence-corrected chi connectivity index (χ2v) is 7.80. The molecule has 2 N–H and O–H groups in total. The molecule has 0 spiro atoms. The van der Waals surface area contributed by atoms with E-state index < -0.39 is 6.10 Å². The molecule has 0 amide bonds. The second kappa shape index (κ2) is 10.9. The molecule has 30 heavy (non-hydrogen) atoms. The third kappa shape index (κ3) is 6.99. The maximum atomic E-state index is 10.3. The molecule has 3 rings (SSSR count). The smallest absolute Gasteiger partial charge is 0.119 e. The van der Waals surface area contributed by atoms with Gasteiger partial charge in [0.1, 0.15) is 18.5 Å². The molecule has 1 unspecified atom stereocenters. The van der Waals surface area contributed by atoms with Gasteiger partial charge < -0.3 is 15.2 Å². The molecule has 3 aromatic rings. The molecule has 160 valence electrons. The van der Waals surface area contributed by atoms with Gasteiger partial charge in [-0.05, 0) is 43.3 Å². The lowest BCUT2D eigenvalue weighted by Gasteiger charge is -2.21. The van der Waals surface area contributed by atoms with Crippen molar-refractivity contribution in [2.75, 3.05) is 20.2 Å². The van der Waals surface area contributed by atoms with Crippen LogP contribution in [0.1, 0.15) is 22.5 Å². The second-order valence-electron chi connectivity index (χ2n) is 7.80. The lowest BCUT2D eigenvalue weighted by molar-refractivity contribution is 0.0744. The Bertz CT molecular complexity index is 874. The average Bonchev–Trinajstić information content (AvgIpc) is 3.05. The fourth-order valence-corrected chi connectivity index (χ4v) is 3.32. The maximum Gasteiger partial charge on any atom is 0.119 e. The van der Waals surface area contributed by atoms with Crippen LogP contribution in [0.4, 0.5) is 0 Å². The van der Waals surface area contributed by atoms with Crippen LogP contribution in [0.5, 0.6) is 5.75 Å². The molecule has 0 radical (unpaired) electrons. The highest BCUT2D eigenvalue weighted by molar-refractivity contribution is 5.27. The maximum absolute atomic E-state index is 10.3. The van der Waals surface area contributed by atoms with E-state index in [4.69, 9.17) is 4.74 Å². The van der Waals surface area contributed by atoms with Crippen molar-refractivity contribution in [2.45, 2.75) is 32.7 Å². The Balaban J connectivity index is 1.36. The van der Waals surface area contributed by atoms with Crippen molar-refractivity contribution < 1.29 is 9.84 Å². The van der Waals surface area contributed by atoms with Gasteiger partial charge in [0.15, 0.2) is 0 Å². The van der Waals surface area contributed by atoms with Crippen LogP contribution in [0.15, 0.2) is 60.7 Å². The zero-order valence-electron chi connectivity index (χ0n) is 18.1. The minimum atomic E-state index is -0.540. The van der Waals surface area contributed by atoms with Gasteiger partial charge >= 0.3 is 0 Å². The first-order valence-corrected chi connectivity index (χ1v) is 10.3. The summed E-state index contributed by atoms with van der Waals surface area (Å²) in [4.78, 5) is 2.10. The number of benzene rings is 2. The van der Waals surface area contributed by atoms with Crippen LogP contribution >= 0.6 is 0 Å². The topological polar surface area (TPSA) is 62.5 Å². The Morgan fingerprint density at radius 1 is 1.07 bits per heavy atom. The molecule has 0 aliphatic carbocycles. The largest absolute Gasteiger partial charge is 0.491 e. The molecule has 0 aliphatic rings. The minimum absolute atomic E-state index is 0.274. The number of likely N-dealkylation sites (N-methyl/N-ethyl adjacent to an activating group) is 1. The third-order valence-electron chi connectivity index (χ3n) is 4.98. The Hall–Kier alpha value is -2.67. The molecular formula is C24H32N4O2. The van der Waals surface area contributed by atoms with E-state index in [-0.39, 0.29) is 6.61 Å². The normalized spacial score (nSPS) is 12.3. The van der Waals surface area contributed by atoms with E-state index in [1.807, 2.05) is 68.2 Å². The third-order valence-corrected chi connectivity index (χ3v) is 4.98. The van der Waals surface area contributed by atoms with Crippen molar-refractivity contribution >= 4 is 0 Å². The van der Waals surface area contributed by atoms with Gasteiger partial charge in [-0.1, -0.05) is 42.5 Å². The summed E-state index contributed by atoms with van der Waals surface area (Å²) in [5.74, 6) is 0.767. The van der Waals surface area contributed by atoms with Crippen molar-refractivity contribution in [2.24, 2.45) is 7.05 Å². The lowest BCUT2D eigenvalue weighted by atomic mass is 10.2. The number of hydrogen-bond donors (Lipinski definition) is 2. The number of aryl methyl sites for hydroxylation is 2. The van der Waals surface area contributed by atoms with Crippen LogP contribution in [0.3, 0.4) is 0 Å². The van der Waals surface area contributed by atoms with Gasteiger partial charge in [0.05, 0.1) is 5.69 Å². The Kier molecular flexibility index (Phi) is 8.02. The van der Waals surface area contributed by atoms with Gasteiger partial charge in [0, 0.05) is 38.9 Å². The number of aromatic nitrogens is 2. The summed E-state index contributed by atoms with van der Waals surface area (Å²) in [6.45, 7) is 5.19. The fraction of sp³-hybridized carbons (Fsp3) is 0.375. The van der Waals surface area contributed by atoms with Crippen LogP contribution in [0.25, 0.3) is 0 Å². The summed E-state index contributed by atoms with van der Waals surface area (Å²) < 4.78 is 7.64. The van der Waals surface area contributed by atoms with Crippen molar-refractivity contribution in [1.82, 2.24) is 20.0 Å². The summed E-state index contributed by atoms with van der Waals surface area (Å²) in [6.07, 6.45) is -0.540. The van der Waals surface area contributed by atoms with E-state index in [1.165, 1.54) is 11.1 Å². The summed E-state index contributed by atoms with van der Waals surface area (Å²) in [5.41, 5.74) is 4.61. The molecule has 2 aromatic carbocycles. The predicted molar refractivity (Wildman–Crippen MR) is 119 cm³/mol. The van der Waals surface area contributed by atoms with E-state index in [2.05, 4.69) is 33.5 Å². The molecule has 0 bridgehead atoms. The van der Waals surface area contributed by atoms with Gasteiger partial charge in [0.25, 0.3) is 0 Å². The van der Waals surface area contributed by atoms with Crippen molar-refractivity contribution in [3.63, 3.8) is 0 Å². The van der Waals surface area contributed by atoms with Gasteiger partial charge in [-0.2, -0.15) is 5.10 Å². The number of aliphatic hydroxyl groups excluding tert-OH is 1. The fourth-order valence-electron chi connectivity index (χ4n) is 3.32. The van der Waals surface area contributed by atoms with E-state index in [0.29, 0.717) is 6.54 Å². The highest BCUT2D eigenvalue weighted by atomic mass is 16.5. The molecule has 0 saturated carbocycles. The highest BCUT2D eigenvalue weighted by Gasteiger charge is 2.10. The molecule has 0 saturated heterocycles. The zero-order chi connectivity index (χ0) is 21.3. The van der Waals surface area contributed by atoms with Crippen molar-refractivity contribution in [3.05, 3.63) is 83.2 Å². The Morgan fingerprint density at radius 2 is 1.80 bits per heavy atom. The highest BCUT2D eigenvalue weighted by Crippen LogP contribution is 2.13. The first-order valence-electron chi connectivity index (χ1n) is 10.3. The van der Waals surface area contributed by atoms with Crippen LogP contribution in [-0.4, -0.2) is 46.1 Å². The van der Waals surface area contributed by atoms with E-state index in [9.17, 15) is 5.11 Å².